The quantitative estimate of drug-likeness (QED) is 0.693. The Balaban J connectivity index is 1.76. The number of nitrogens with zero attached hydrogens (tertiary/aromatic N) is 3. The van der Waals surface area contributed by atoms with Crippen LogP contribution in [0.25, 0.3) is 10.9 Å². The van der Waals surface area contributed by atoms with E-state index in [0.717, 1.165) is 49.3 Å². The normalized spacial score (nSPS) is 13.8. The number of hydrogen-bond acceptors (Lipinski definition) is 3. The van der Waals surface area contributed by atoms with Crippen molar-refractivity contribution in [3.8, 4) is 0 Å². The average molecular weight is 375 g/mol. The number of anilines is 1. The molecule has 3 aromatic rings. The lowest BCUT2D eigenvalue weighted by Gasteiger charge is -2.22. The van der Waals surface area contributed by atoms with Gasteiger partial charge in [0.15, 0.2) is 0 Å². The number of amides is 1. The molecule has 0 aliphatic carbocycles. The highest BCUT2D eigenvalue weighted by atomic mass is 16.2. The SMILES string of the molecule is CCN(C(=O)c1ccc2c(=O)n3c(nc2c1)CCCCC3)c1cccc(C)c1. The minimum Gasteiger partial charge on any atom is -0.309 e. The van der Waals surface area contributed by atoms with Crippen LogP contribution in [0.4, 0.5) is 5.69 Å². The van der Waals surface area contributed by atoms with Crippen LogP contribution in [0.15, 0.2) is 47.3 Å². The molecule has 4 rings (SSSR count). The van der Waals surface area contributed by atoms with Gasteiger partial charge in [0.1, 0.15) is 5.82 Å². The number of aromatic nitrogens is 2. The van der Waals surface area contributed by atoms with Crippen molar-refractivity contribution in [1.82, 2.24) is 9.55 Å². The summed E-state index contributed by atoms with van der Waals surface area (Å²) in [4.78, 5) is 32.6. The Hall–Kier alpha value is -2.95. The van der Waals surface area contributed by atoms with Crippen LogP contribution < -0.4 is 10.5 Å². The highest BCUT2D eigenvalue weighted by Crippen LogP contribution is 2.21. The Morgan fingerprint density at radius 1 is 1.14 bits per heavy atom. The Morgan fingerprint density at radius 2 is 2.00 bits per heavy atom. The first-order valence-corrected chi connectivity index (χ1v) is 10.0. The lowest BCUT2D eigenvalue weighted by atomic mass is 10.1. The van der Waals surface area contributed by atoms with E-state index in [1.54, 1.807) is 23.1 Å². The number of carbonyl (C=O) groups is 1. The fourth-order valence-electron chi connectivity index (χ4n) is 3.95. The largest absolute Gasteiger partial charge is 0.309 e. The summed E-state index contributed by atoms with van der Waals surface area (Å²) < 4.78 is 1.81. The van der Waals surface area contributed by atoms with Gasteiger partial charge >= 0.3 is 0 Å². The summed E-state index contributed by atoms with van der Waals surface area (Å²) in [5, 5.41) is 0.584. The second kappa shape index (κ2) is 7.58. The Morgan fingerprint density at radius 3 is 2.79 bits per heavy atom. The molecule has 0 saturated heterocycles. The summed E-state index contributed by atoms with van der Waals surface area (Å²) in [7, 11) is 0. The molecule has 1 amide bonds. The molecule has 1 aliphatic heterocycles. The van der Waals surface area contributed by atoms with E-state index in [1.807, 2.05) is 42.7 Å². The molecule has 28 heavy (non-hydrogen) atoms. The second-order valence-electron chi connectivity index (χ2n) is 7.42. The van der Waals surface area contributed by atoms with E-state index in [2.05, 4.69) is 0 Å². The van der Waals surface area contributed by atoms with Gasteiger partial charge in [-0.1, -0.05) is 18.6 Å². The van der Waals surface area contributed by atoms with Gasteiger partial charge in [-0.05, 0) is 62.6 Å². The third kappa shape index (κ3) is 3.33. The van der Waals surface area contributed by atoms with Crippen molar-refractivity contribution in [2.75, 3.05) is 11.4 Å². The second-order valence-corrected chi connectivity index (χ2v) is 7.42. The van der Waals surface area contributed by atoms with Crippen molar-refractivity contribution in [3.05, 3.63) is 69.8 Å². The molecule has 1 aromatic heterocycles. The molecule has 5 nitrogen and oxygen atoms in total. The lowest BCUT2D eigenvalue weighted by Crippen LogP contribution is -2.31. The van der Waals surface area contributed by atoms with Crippen LogP contribution >= 0.6 is 0 Å². The molecule has 5 heteroatoms. The van der Waals surface area contributed by atoms with E-state index in [4.69, 9.17) is 4.98 Å². The molecular weight excluding hydrogens is 350 g/mol. The third-order valence-electron chi connectivity index (χ3n) is 5.44. The lowest BCUT2D eigenvalue weighted by molar-refractivity contribution is 0.0988. The van der Waals surface area contributed by atoms with Gasteiger partial charge in [-0.15, -0.1) is 0 Å². The molecule has 2 heterocycles. The van der Waals surface area contributed by atoms with Gasteiger partial charge in [0, 0.05) is 30.8 Å². The first-order valence-electron chi connectivity index (χ1n) is 10.0. The zero-order valence-corrected chi connectivity index (χ0v) is 16.4. The zero-order valence-electron chi connectivity index (χ0n) is 16.4. The van der Waals surface area contributed by atoms with Crippen molar-refractivity contribution in [2.45, 2.75) is 46.1 Å². The first-order chi connectivity index (χ1) is 13.6. The average Bonchev–Trinajstić information content (AvgIpc) is 2.94. The Bertz CT molecular complexity index is 1100. The van der Waals surface area contributed by atoms with E-state index in [1.165, 1.54) is 0 Å². The van der Waals surface area contributed by atoms with Gasteiger partial charge in [-0.2, -0.15) is 0 Å². The fraction of sp³-hybridized carbons (Fsp3) is 0.348. The van der Waals surface area contributed by atoms with Gasteiger partial charge in [0.05, 0.1) is 10.9 Å². The number of carbonyl (C=O) groups excluding carboxylic acids is 1. The van der Waals surface area contributed by atoms with Gasteiger partial charge in [-0.3, -0.25) is 14.2 Å². The van der Waals surface area contributed by atoms with Crippen LogP contribution in [0, 0.1) is 6.92 Å². The number of rotatable bonds is 3. The maximum atomic E-state index is 13.2. The minimum atomic E-state index is -0.0770. The highest BCUT2D eigenvalue weighted by molar-refractivity contribution is 6.07. The molecule has 0 radical (unpaired) electrons. The van der Waals surface area contributed by atoms with Crippen molar-refractivity contribution in [1.29, 1.82) is 0 Å². The Kier molecular flexibility index (Phi) is 4.99. The molecule has 0 atom stereocenters. The summed E-state index contributed by atoms with van der Waals surface area (Å²) in [5.41, 5.74) is 3.17. The zero-order chi connectivity index (χ0) is 19.7. The highest BCUT2D eigenvalue weighted by Gasteiger charge is 2.19. The van der Waals surface area contributed by atoms with E-state index in [0.29, 0.717) is 23.0 Å². The monoisotopic (exact) mass is 375 g/mol. The number of aryl methyl sites for hydroxylation is 2. The number of hydrogen-bond donors (Lipinski definition) is 0. The van der Waals surface area contributed by atoms with Gasteiger partial charge < -0.3 is 4.90 Å². The molecule has 0 bridgehead atoms. The van der Waals surface area contributed by atoms with Crippen LogP contribution in [-0.4, -0.2) is 22.0 Å². The van der Waals surface area contributed by atoms with E-state index >= 15 is 0 Å². The molecule has 0 spiro atoms. The van der Waals surface area contributed by atoms with Crippen LogP contribution in [0.5, 0.6) is 0 Å². The molecule has 0 fully saturated rings. The molecular formula is C23H25N3O2. The molecule has 0 N–H and O–H groups in total. The van der Waals surface area contributed by atoms with Gasteiger partial charge in [0.25, 0.3) is 11.5 Å². The van der Waals surface area contributed by atoms with Crippen molar-refractivity contribution in [2.24, 2.45) is 0 Å². The molecule has 144 valence electrons. The summed E-state index contributed by atoms with van der Waals surface area (Å²) in [6.07, 6.45) is 3.99. The molecule has 0 unspecified atom stereocenters. The maximum absolute atomic E-state index is 13.2. The van der Waals surface area contributed by atoms with Crippen molar-refractivity contribution in [3.63, 3.8) is 0 Å². The maximum Gasteiger partial charge on any atom is 0.261 e. The standard InChI is InChI=1S/C23H25N3O2/c1-3-25(18-9-7-8-16(2)14-18)22(27)17-11-12-19-20(15-17)24-21-10-5-4-6-13-26(21)23(19)28/h7-9,11-12,14-15H,3-6,10,13H2,1-2H3. The fourth-order valence-corrected chi connectivity index (χ4v) is 3.95. The van der Waals surface area contributed by atoms with Crippen molar-refractivity contribution >= 4 is 22.5 Å². The van der Waals surface area contributed by atoms with E-state index in [-0.39, 0.29) is 11.5 Å². The smallest absolute Gasteiger partial charge is 0.261 e. The predicted molar refractivity (Wildman–Crippen MR) is 112 cm³/mol. The van der Waals surface area contributed by atoms with Gasteiger partial charge in [0.2, 0.25) is 0 Å². The Labute approximate surface area is 164 Å². The molecule has 1 aliphatic rings. The first kappa shape index (κ1) is 18.4. The summed E-state index contributed by atoms with van der Waals surface area (Å²) in [6, 6.07) is 13.2. The number of fused-ring (bicyclic) bond motifs is 2. The summed E-state index contributed by atoms with van der Waals surface area (Å²) in [5.74, 6) is 0.762. The summed E-state index contributed by atoms with van der Waals surface area (Å²) in [6.45, 7) is 5.28. The van der Waals surface area contributed by atoms with Crippen LogP contribution in [0.2, 0.25) is 0 Å². The molecule has 0 saturated carbocycles. The van der Waals surface area contributed by atoms with Gasteiger partial charge in [-0.25, -0.2) is 4.98 Å². The topological polar surface area (TPSA) is 55.2 Å². The predicted octanol–water partition coefficient (Wildman–Crippen LogP) is 4.10. The minimum absolute atomic E-state index is 0.00642. The third-order valence-corrected chi connectivity index (χ3v) is 5.44. The van der Waals surface area contributed by atoms with Crippen LogP contribution in [0.1, 0.15) is 47.9 Å². The van der Waals surface area contributed by atoms with Crippen molar-refractivity contribution < 1.29 is 4.79 Å². The summed E-state index contributed by atoms with van der Waals surface area (Å²) >= 11 is 0. The van der Waals surface area contributed by atoms with Crippen LogP contribution in [0.3, 0.4) is 0 Å². The van der Waals surface area contributed by atoms with Crippen LogP contribution in [-0.2, 0) is 13.0 Å². The number of benzene rings is 2. The van der Waals surface area contributed by atoms with E-state index in [9.17, 15) is 9.59 Å². The van der Waals surface area contributed by atoms with E-state index < -0.39 is 0 Å². The molecule has 2 aromatic carbocycles.